The van der Waals surface area contributed by atoms with Gasteiger partial charge < -0.3 is 9.47 Å². The first-order chi connectivity index (χ1) is 9.47. The molecular formula is C13H13NO6. The van der Waals surface area contributed by atoms with Crippen molar-refractivity contribution in [2.45, 2.75) is 32.0 Å². The first-order valence-electron chi connectivity index (χ1n) is 6.12. The Bertz CT molecular complexity index is 538. The SMILES string of the molecule is CC(OC(=O)c1ccc([N+](=O)[O-])cc1)C1CCC(=O)O1. The predicted molar refractivity (Wildman–Crippen MR) is 67.1 cm³/mol. The van der Waals surface area contributed by atoms with Gasteiger partial charge in [0.05, 0.1) is 10.5 Å². The number of ether oxygens (including phenoxy) is 2. The number of hydrogen-bond acceptors (Lipinski definition) is 6. The third-order valence-electron chi connectivity index (χ3n) is 3.05. The van der Waals surface area contributed by atoms with Crippen LogP contribution >= 0.6 is 0 Å². The van der Waals surface area contributed by atoms with Gasteiger partial charge in [-0.3, -0.25) is 14.9 Å². The van der Waals surface area contributed by atoms with E-state index in [4.69, 9.17) is 9.47 Å². The summed E-state index contributed by atoms with van der Waals surface area (Å²) in [6.07, 6.45) is -0.133. The summed E-state index contributed by atoms with van der Waals surface area (Å²) in [6.45, 7) is 1.65. The molecular weight excluding hydrogens is 266 g/mol. The Labute approximate surface area is 114 Å². The number of nitro benzene ring substituents is 1. The largest absolute Gasteiger partial charge is 0.458 e. The Kier molecular flexibility index (Phi) is 3.97. The summed E-state index contributed by atoms with van der Waals surface area (Å²) in [5, 5.41) is 10.5. The van der Waals surface area contributed by atoms with Gasteiger partial charge in [0.1, 0.15) is 12.2 Å². The fourth-order valence-electron chi connectivity index (χ4n) is 1.91. The van der Waals surface area contributed by atoms with Gasteiger partial charge in [-0.2, -0.15) is 0 Å². The van der Waals surface area contributed by atoms with Crippen molar-refractivity contribution in [3.63, 3.8) is 0 Å². The van der Waals surface area contributed by atoms with Crippen LogP contribution in [0.15, 0.2) is 24.3 Å². The van der Waals surface area contributed by atoms with E-state index < -0.39 is 23.1 Å². The lowest BCUT2D eigenvalue weighted by Crippen LogP contribution is -2.28. The quantitative estimate of drug-likeness (QED) is 0.474. The zero-order valence-corrected chi connectivity index (χ0v) is 10.8. The number of esters is 2. The van der Waals surface area contributed by atoms with Crippen molar-refractivity contribution in [1.82, 2.24) is 0 Å². The standard InChI is InChI=1S/C13H13NO6/c1-8(11-6-7-12(15)20-11)19-13(16)9-2-4-10(5-3-9)14(17)18/h2-5,8,11H,6-7H2,1H3. The van der Waals surface area contributed by atoms with Crippen molar-refractivity contribution in [3.05, 3.63) is 39.9 Å². The Hall–Kier alpha value is -2.44. The minimum atomic E-state index is -0.602. The molecule has 0 N–H and O–H groups in total. The van der Waals surface area contributed by atoms with Gasteiger partial charge in [0.2, 0.25) is 0 Å². The molecule has 0 saturated carbocycles. The van der Waals surface area contributed by atoms with Gasteiger partial charge in [-0.1, -0.05) is 0 Å². The van der Waals surface area contributed by atoms with E-state index in [1.807, 2.05) is 0 Å². The molecule has 1 aromatic carbocycles. The highest BCUT2D eigenvalue weighted by atomic mass is 16.6. The van der Waals surface area contributed by atoms with Crippen LogP contribution in [0, 0.1) is 10.1 Å². The van der Waals surface area contributed by atoms with E-state index in [1.165, 1.54) is 24.3 Å². The van der Waals surface area contributed by atoms with Crippen LogP contribution < -0.4 is 0 Å². The fourth-order valence-corrected chi connectivity index (χ4v) is 1.91. The Morgan fingerprint density at radius 3 is 2.60 bits per heavy atom. The third kappa shape index (κ3) is 3.11. The van der Waals surface area contributed by atoms with Crippen LogP contribution in [0.5, 0.6) is 0 Å². The van der Waals surface area contributed by atoms with Crippen molar-refractivity contribution in [2.24, 2.45) is 0 Å². The summed E-state index contributed by atoms with van der Waals surface area (Å²) < 4.78 is 10.2. The van der Waals surface area contributed by atoms with Gasteiger partial charge in [0, 0.05) is 18.6 Å². The number of non-ortho nitro benzene ring substituents is 1. The molecule has 0 radical (unpaired) electrons. The van der Waals surface area contributed by atoms with E-state index in [0.717, 1.165) is 0 Å². The van der Waals surface area contributed by atoms with Crippen LogP contribution in [0.1, 0.15) is 30.1 Å². The molecule has 2 rings (SSSR count). The number of nitrogens with zero attached hydrogens (tertiary/aromatic N) is 1. The summed E-state index contributed by atoms with van der Waals surface area (Å²) in [5.74, 6) is -0.899. The highest BCUT2D eigenvalue weighted by molar-refractivity contribution is 5.89. The molecule has 1 aromatic rings. The maximum atomic E-state index is 11.8. The van der Waals surface area contributed by atoms with Crippen LogP contribution in [0.25, 0.3) is 0 Å². The molecule has 0 aliphatic carbocycles. The maximum Gasteiger partial charge on any atom is 0.338 e. The van der Waals surface area contributed by atoms with Gasteiger partial charge in [-0.25, -0.2) is 4.79 Å². The topological polar surface area (TPSA) is 95.7 Å². The maximum absolute atomic E-state index is 11.8. The van der Waals surface area contributed by atoms with Crippen LogP contribution in [-0.4, -0.2) is 29.1 Å². The summed E-state index contributed by atoms with van der Waals surface area (Å²) in [6, 6.07) is 5.12. The van der Waals surface area contributed by atoms with Crippen molar-refractivity contribution in [2.75, 3.05) is 0 Å². The van der Waals surface area contributed by atoms with Gasteiger partial charge in [0.15, 0.2) is 0 Å². The molecule has 0 spiro atoms. The molecule has 0 amide bonds. The van der Waals surface area contributed by atoms with Crippen molar-refractivity contribution < 1.29 is 24.0 Å². The van der Waals surface area contributed by atoms with Crippen LogP contribution in [-0.2, 0) is 14.3 Å². The minimum absolute atomic E-state index is 0.0979. The van der Waals surface area contributed by atoms with Crippen LogP contribution in [0.3, 0.4) is 0 Å². The third-order valence-corrected chi connectivity index (χ3v) is 3.05. The number of nitro groups is 1. The molecule has 1 aliphatic heterocycles. The van der Waals surface area contributed by atoms with Crippen LogP contribution in [0.4, 0.5) is 5.69 Å². The lowest BCUT2D eigenvalue weighted by molar-refractivity contribution is -0.384. The molecule has 1 aliphatic rings. The lowest BCUT2D eigenvalue weighted by Gasteiger charge is -2.18. The first-order valence-corrected chi connectivity index (χ1v) is 6.12. The van der Waals surface area contributed by atoms with E-state index >= 15 is 0 Å². The average molecular weight is 279 g/mol. The van der Waals surface area contributed by atoms with Gasteiger partial charge >= 0.3 is 11.9 Å². The second-order valence-electron chi connectivity index (χ2n) is 4.48. The summed E-state index contributed by atoms with van der Waals surface area (Å²) in [5.41, 5.74) is 0.117. The minimum Gasteiger partial charge on any atom is -0.458 e. The molecule has 2 unspecified atom stereocenters. The van der Waals surface area contributed by atoms with E-state index in [-0.39, 0.29) is 17.2 Å². The van der Waals surface area contributed by atoms with E-state index in [2.05, 4.69) is 0 Å². The predicted octanol–water partition coefficient (Wildman–Crippen LogP) is 1.85. The molecule has 106 valence electrons. The molecule has 1 saturated heterocycles. The summed E-state index contributed by atoms with van der Waals surface area (Å²) >= 11 is 0. The van der Waals surface area contributed by atoms with Crippen molar-refractivity contribution >= 4 is 17.6 Å². The van der Waals surface area contributed by atoms with E-state index in [1.54, 1.807) is 6.92 Å². The Morgan fingerprint density at radius 1 is 1.45 bits per heavy atom. The number of carbonyl (C=O) groups is 2. The zero-order chi connectivity index (χ0) is 14.7. The molecule has 2 atom stereocenters. The summed E-state index contributed by atoms with van der Waals surface area (Å²) in [4.78, 5) is 32.8. The molecule has 0 bridgehead atoms. The number of cyclic esters (lactones) is 1. The molecule has 7 nitrogen and oxygen atoms in total. The molecule has 20 heavy (non-hydrogen) atoms. The Balaban J connectivity index is 1.97. The van der Waals surface area contributed by atoms with E-state index in [0.29, 0.717) is 12.8 Å². The molecule has 1 fully saturated rings. The molecule has 1 heterocycles. The molecule has 0 aromatic heterocycles. The van der Waals surface area contributed by atoms with E-state index in [9.17, 15) is 19.7 Å². The average Bonchev–Trinajstić information content (AvgIpc) is 2.85. The normalized spacial score (nSPS) is 19.2. The second-order valence-corrected chi connectivity index (χ2v) is 4.48. The van der Waals surface area contributed by atoms with Crippen molar-refractivity contribution in [1.29, 1.82) is 0 Å². The highest BCUT2D eigenvalue weighted by Crippen LogP contribution is 2.20. The fraction of sp³-hybridized carbons (Fsp3) is 0.385. The lowest BCUT2D eigenvalue weighted by atomic mass is 10.1. The number of carbonyl (C=O) groups excluding carboxylic acids is 2. The van der Waals surface area contributed by atoms with Gasteiger partial charge in [-0.15, -0.1) is 0 Å². The molecule has 7 heteroatoms. The Morgan fingerprint density at radius 2 is 2.10 bits per heavy atom. The van der Waals surface area contributed by atoms with Crippen LogP contribution in [0.2, 0.25) is 0 Å². The van der Waals surface area contributed by atoms with Gasteiger partial charge in [-0.05, 0) is 25.5 Å². The number of rotatable bonds is 4. The number of benzene rings is 1. The smallest absolute Gasteiger partial charge is 0.338 e. The van der Waals surface area contributed by atoms with Gasteiger partial charge in [0.25, 0.3) is 5.69 Å². The second kappa shape index (κ2) is 5.68. The van der Waals surface area contributed by atoms with Crippen molar-refractivity contribution in [3.8, 4) is 0 Å². The number of hydrogen-bond donors (Lipinski definition) is 0. The summed E-state index contributed by atoms with van der Waals surface area (Å²) in [7, 11) is 0. The first kappa shape index (κ1) is 14.0. The zero-order valence-electron chi connectivity index (χ0n) is 10.8. The highest BCUT2D eigenvalue weighted by Gasteiger charge is 2.31. The monoisotopic (exact) mass is 279 g/mol.